The largest absolute Gasteiger partial charge is 0.397 e. The molecule has 0 atom stereocenters. The van der Waals surface area contributed by atoms with Crippen molar-refractivity contribution in [3.05, 3.63) is 46.4 Å². The number of anilines is 2. The van der Waals surface area contributed by atoms with E-state index in [1.54, 1.807) is 18.3 Å². The summed E-state index contributed by atoms with van der Waals surface area (Å²) < 4.78 is 13.5. The Labute approximate surface area is 106 Å². The van der Waals surface area contributed by atoms with E-state index in [2.05, 4.69) is 31.4 Å². The SMILES string of the molecule is Nc1cc(F)c(Br)cc1NCc1cccnn1. The lowest BCUT2D eigenvalue weighted by Gasteiger charge is -2.09. The highest BCUT2D eigenvalue weighted by atomic mass is 79.9. The van der Waals surface area contributed by atoms with Gasteiger partial charge in [-0.05, 0) is 34.1 Å². The van der Waals surface area contributed by atoms with Crippen LogP contribution in [0.2, 0.25) is 0 Å². The fourth-order valence-corrected chi connectivity index (χ4v) is 1.67. The number of aromatic nitrogens is 2. The third-order valence-corrected chi connectivity index (χ3v) is 2.79. The first-order valence-corrected chi connectivity index (χ1v) is 5.71. The molecule has 0 amide bonds. The lowest BCUT2D eigenvalue weighted by atomic mass is 10.2. The normalized spacial score (nSPS) is 10.2. The van der Waals surface area contributed by atoms with E-state index in [0.717, 1.165) is 5.69 Å². The van der Waals surface area contributed by atoms with Crippen LogP contribution in [0.1, 0.15) is 5.69 Å². The van der Waals surface area contributed by atoms with E-state index < -0.39 is 0 Å². The van der Waals surface area contributed by atoms with Gasteiger partial charge < -0.3 is 11.1 Å². The zero-order chi connectivity index (χ0) is 12.3. The lowest BCUT2D eigenvalue weighted by Crippen LogP contribution is -2.05. The summed E-state index contributed by atoms with van der Waals surface area (Å²) in [5, 5.41) is 10.8. The summed E-state index contributed by atoms with van der Waals surface area (Å²) in [6, 6.07) is 6.51. The lowest BCUT2D eigenvalue weighted by molar-refractivity contribution is 0.622. The predicted molar refractivity (Wildman–Crippen MR) is 67.9 cm³/mol. The van der Waals surface area contributed by atoms with Crippen molar-refractivity contribution in [2.45, 2.75) is 6.54 Å². The molecule has 0 saturated carbocycles. The van der Waals surface area contributed by atoms with Crippen molar-refractivity contribution < 1.29 is 4.39 Å². The molecule has 0 spiro atoms. The van der Waals surface area contributed by atoms with Gasteiger partial charge in [0.05, 0.1) is 28.1 Å². The predicted octanol–water partition coefficient (Wildman–Crippen LogP) is 2.57. The molecule has 17 heavy (non-hydrogen) atoms. The van der Waals surface area contributed by atoms with Crippen LogP contribution in [0.4, 0.5) is 15.8 Å². The van der Waals surface area contributed by atoms with Gasteiger partial charge in [-0.1, -0.05) is 0 Å². The number of nitrogens with zero attached hydrogens (tertiary/aromatic N) is 2. The Kier molecular flexibility index (Phi) is 3.53. The topological polar surface area (TPSA) is 63.8 Å². The summed E-state index contributed by atoms with van der Waals surface area (Å²) in [6.45, 7) is 0.482. The van der Waals surface area contributed by atoms with Gasteiger partial charge in [-0.25, -0.2) is 4.39 Å². The molecule has 2 rings (SSSR count). The molecule has 3 N–H and O–H groups in total. The molecule has 1 heterocycles. The molecule has 0 aliphatic heterocycles. The zero-order valence-corrected chi connectivity index (χ0v) is 10.4. The van der Waals surface area contributed by atoms with Gasteiger partial charge in [-0.15, -0.1) is 0 Å². The van der Waals surface area contributed by atoms with Gasteiger partial charge in [-0.2, -0.15) is 10.2 Å². The first kappa shape index (κ1) is 11.8. The van der Waals surface area contributed by atoms with Crippen LogP contribution >= 0.6 is 15.9 Å². The van der Waals surface area contributed by atoms with Gasteiger partial charge in [-0.3, -0.25) is 0 Å². The monoisotopic (exact) mass is 296 g/mol. The molecular formula is C11H10BrFN4. The van der Waals surface area contributed by atoms with Crippen molar-refractivity contribution in [2.75, 3.05) is 11.1 Å². The molecule has 0 aliphatic rings. The van der Waals surface area contributed by atoms with Crippen molar-refractivity contribution >= 4 is 27.3 Å². The van der Waals surface area contributed by atoms with Crippen LogP contribution in [0, 0.1) is 5.82 Å². The fraction of sp³-hybridized carbons (Fsp3) is 0.0909. The summed E-state index contributed by atoms with van der Waals surface area (Å²) in [7, 11) is 0. The number of hydrogen-bond donors (Lipinski definition) is 2. The number of hydrogen-bond acceptors (Lipinski definition) is 4. The molecule has 0 aliphatic carbocycles. The van der Waals surface area contributed by atoms with Gasteiger partial charge in [0.15, 0.2) is 0 Å². The fourth-order valence-electron chi connectivity index (χ4n) is 1.33. The Morgan fingerprint density at radius 3 is 2.94 bits per heavy atom. The van der Waals surface area contributed by atoms with E-state index in [9.17, 15) is 4.39 Å². The van der Waals surface area contributed by atoms with Gasteiger partial charge >= 0.3 is 0 Å². The Morgan fingerprint density at radius 1 is 1.41 bits per heavy atom. The third kappa shape index (κ3) is 2.91. The first-order chi connectivity index (χ1) is 8.16. The van der Waals surface area contributed by atoms with Crippen molar-refractivity contribution in [1.82, 2.24) is 10.2 Å². The molecule has 88 valence electrons. The molecule has 1 aromatic heterocycles. The summed E-state index contributed by atoms with van der Waals surface area (Å²) in [4.78, 5) is 0. The molecule has 6 heteroatoms. The molecule has 0 radical (unpaired) electrons. The maximum Gasteiger partial charge on any atom is 0.139 e. The molecule has 2 aromatic rings. The maximum absolute atomic E-state index is 13.1. The van der Waals surface area contributed by atoms with E-state index in [-0.39, 0.29) is 5.82 Å². The van der Waals surface area contributed by atoms with Crippen LogP contribution in [0.15, 0.2) is 34.9 Å². The minimum Gasteiger partial charge on any atom is -0.397 e. The second-order valence-electron chi connectivity index (χ2n) is 3.42. The molecular weight excluding hydrogens is 287 g/mol. The van der Waals surface area contributed by atoms with Crippen molar-refractivity contribution in [2.24, 2.45) is 0 Å². The summed E-state index contributed by atoms with van der Waals surface area (Å²) in [5.74, 6) is -0.382. The average molecular weight is 297 g/mol. The Hall–Kier alpha value is -1.69. The smallest absolute Gasteiger partial charge is 0.139 e. The highest BCUT2D eigenvalue weighted by Crippen LogP contribution is 2.26. The summed E-state index contributed by atoms with van der Waals surface area (Å²) in [5.41, 5.74) is 7.49. The van der Waals surface area contributed by atoms with Crippen LogP contribution in [0.5, 0.6) is 0 Å². The van der Waals surface area contributed by atoms with Crippen molar-refractivity contribution in [3.63, 3.8) is 0 Å². The number of benzene rings is 1. The molecule has 1 aromatic carbocycles. The van der Waals surface area contributed by atoms with Crippen LogP contribution < -0.4 is 11.1 Å². The number of nitrogens with two attached hydrogens (primary N) is 1. The number of rotatable bonds is 3. The highest BCUT2D eigenvalue weighted by Gasteiger charge is 2.05. The van der Waals surface area contributed by atoms with Crippen LogP contribution in [-0.4, -0.2) is 10.2 Å². The number of halogens is 2. The Morgan fingerprint density at radius 2 is 2.24 bits per heavy atom. The Bertz CT molecular complexity index is 518. The van der Waals surface area contributed by atoms with Gasteiger partial charge in [0.1, 0.15) is 5.82 Å². The standard InChI is InChI=1S/C11H10BrFN4/c12-8-4-11(10(14)5-9(8)13)15-6-7-2-1-3-16-17-7/h1-5,15H,6,14H2. The van der Waals surface area contributed by atoms with Gasteiger partial charge in [0.25, 0.3) is 0 Å². The third-order valence-electron chi connectivity index (χ3n) is 2.18. The van der Waals surface area contributed by atoms with Crippen LogP contribution in [0.25, 0.3) is 0 Å². The Balaban J connectivity index is 2.12. The van der Waals surface area contributed by atoms with E-state index in [1.807, 2.05) is 6.07 Å². The van der Waals surface area contributed by atoms with Gasteiger partial charge in [0, 0.05) is 12.3 Å². The maximum atomic E-state index is 13.1. The van der Waals surface area contributed by atoms with E-state index >= 15 is 0 Å². The zero-order valence-electron chi connectivity index (χ0n) is 8.82. The van der Waals surface area contributed by atoms with Crippen molar-refractivity contribution in [3.8, 4) is 0 Å². The first-order valence-electron chi connectivity index (χ1n) is 4.92. The summed E-state index contributed by atoms with van der Waals surface area (Å²) >= 11 is 3.11. The minimum absolute atomic E-state index is 0.356. The molecule has 0 fully saturated rings. The van der Waals surface area contributed by atoms with E-state index in [0.29, 0.717) is 22.4 Å². The van der Waals surface area contributed by atoms with Crippen LogP contribution in [0.3, 0.4) is 0 Å². The second kappa shape index (κ2) is 5.09. The van der Waals surface area contributed by atoms with E-state index in [4.69, 9.17) is 5.73 Å². The number of nitrogen functional groups attached to an aromatic ring is 1. The van der Waals surface area contributed by atoms with Gasteiger partial charge in [0.2, 0.25) is 0 Å². The molecule has 0 saturated heterocycles. The highest BCUT2D eigenvalue weighted by molar-refractivity contribution is 9.10. The minimum atomic E-state index is -0.382. The molecule has 0 unspecified atom stereocenters. The number of nitrogens with one attached hydrogen (secondary N) is 1. The second-order valence-corrected chi connectivity index (χ2v) is 4.28. The molecule has 4 nitrogen and oxygen atoms in total. The van der Waals surface area contributed by atoms with E-state index in [1.165, 1.54) is 6.07 Å². The van der Waals surface area contributed by atoms with Crippen LogP contribution in [-0.2, 0) is 6.54 Å². The quantitative estimate of drug-likeness (QED) is 0.855. The molecule has 0 bridgehead atoms. The van der Waals surface area contributed by atoms with Crippen molar-refractivity contribution in [1.29, 1.82) is 0 Å². The summed E-state index contributed by atoms with van der Waals surface area (Å²) in [6.07, 6.45) is 1.60. The average Bonchev–Trinajstić information content (AvgIpc) is 2.33.